The van der Waals surface area contributed by atoms with Crippen molar-refractivity contribution in [1.82, 2.24) is 9.55 Å². The van der Waals surface area contributed by atoms with Gasteiger partial charge in [-0.3, -0.25) is 19.5 Å². The van der Waals surface area contributed by atoms with Gasteiger partial charge in [-0.1, -0.05) is 60.1 Å². The predicted molar refractivity (Wildman–Crippen MR) is 114 cm³/mol. The van der Waals surface area contributed by atoms with E-state index in [1.165, 1.54) is 22.8 Å². The molecule has 0 atom stereocenters. The minimum absolute atomic E-state index is 0.0905. The number of aromatic nitrogens is 2. The van der Waals surface area contributed by atoms with E-state index in [0.29, 0.717) is 22.4 Å². The average molecular weight is 404 g/mol. The second-order valence-corrected chi connectivity index (χ2v) is 6.67. The van der Waals surface area contributed by atoms with E-state index in [-0.39, 0.29) is 16.3 Å². The van der Waals surface area contributed by atoms with Gasteiger partial charge in [-0.05, 0) is 29.8 Å². The molecule has 7 heteroatoms. The third-order valence-corrected chi connectivity index (χ3v) is 4.71. The second kappa shape index (κ2) is 7.69. The summed E-state index contributed by atoms with van der Waals surface area (Å²) in [4.78, 5) is 28.3. The summed E-state index contributed by atoms with van der Waals surface area (Å²) in [5.41, 5.74) is 1.37. The molecule has 0 aliphatic heterocycles. The lowest BCUT2D eigenvalue weighted by Gasteiger charge is -2.12. The standard InChI is InChI=1S/C22H14ClN3O3/c23-18-14-16(26(28)29)11-12-20(18)25-21(13-10-15-6-2-1-3-7-15)24-19-9-5-4-8-17(19)22(25)27/h1-14H/b13-10+. The van der Waals surface area contributed by atoms with E-state index < -0.39 is 4.92 Å². The Labute approximate surface area is 170 Å². The van der Waals surface area contributed by atoms with Crippen LogP contribution in [0.3, 0.4) is 0 Å². The lowest BCUT2D eigenvalue weighted by Crippen LogP contribution is -2.22. The van der Waals surface area contributed by atoms with E-state index in [9.17, 15) is 14.9 Å². The lowest BCUT2D eigenvalue weighted by molar-refractivity contribution is -0.384. The first kappa shape index (κ1) is 18.6. The number of non-ortho nitro benzene ring substituents is 1. The Kier molecular flexibility index (Phi) is 4.93. The Morgan fingerprint density at radius 2 is 1.69 bits per heavy atom. The average Bonchev–Trinajstić information content (AvgIpc) is 2.73. The number of hydrogen-bond donors (Lipinski definition) is 0. The van der Waals surface area contributed by atoms with E-state index in [0.717, 1.165) is 5.56 Å². The van der Waals surface area contributed by atoms with E-state index in [2.05, 4.69) is 4.98 Å². The molecule has 0 aliphatic rings. The summed E-state index contributed by atoms with van der Waals surface area (Å²) < 4.78 is 1.37. The van der Waals surface area contributed by atoms with Crippen LogP contribution in [0, 0.1) is 10.1 Å². The van der Waals surface area contributed by atoms with E-state index >= 15 is 0 Å². The van der Waals surface area contributed by atoms with Gasteiger partial charge in [-0.15, -0.1) is 0 Å². The Balaban J connectivity index is 1.96. The lowest BCUT2D eigenvalue weighted by atomic mass is 10.2. The van der Waals surface area contributed by atoms with Crippen molar-refractivity contribution in [3.63, 3.8) is 0 Å². The zero-order chi connectivity index (χ0) is 20.4. The van der Waals surface area contributed by atoms with Gasteiger partial charge in [0.15, 0.2) is 0 Å². The monoisotopic (exact) mass is 403 g/mol. The Morgan fingerprint density at radius 3 is 2.41 bits per heavy atom. The van der Waals surface area contributed by atoms with Crippen LogP contribution in [0.4, 0.5) is 5.69 Å². The first-order chi connectivity index (χ1) is 14.0. The number of para-hydroxylation sites is 1. The van der Waals surface area contributed by atoms with Crippen LogP contribution < -0.4 is 5.56 Å². The maximum Gasteiger partial charge on any atom is 0.271 e. The fourth-order valence-electron chi connectivity index (χ4n) is 3.02. The summed E-state index contributed by atoms with van der Waals surface area (Å²) in [5, 5.41) is 11.5. The third-order valence-electron chi connectivity index (χ3n) is 4.41. The Bertz CT molecular complexity index is 1310. The fourth-order valence-corrected chi connectivity index (χ4v) is 3.28. The molecule has 0 saturated heterocycles. The highest BCUT2D eigenvalue weighted by Gasteiger charge is 2.16. The van der Waals surface area contributed by atoms with Gasteiger partial charge in [0.25, 0.3) is 11.2 Å². The molecule has 0 fully saturated rings. The van der Waals surface area contributed by atoms with Crippen molar-refractivity contribution in [1.29, 1.82) is 0 Å². The highest BCUT2D eigenvalue weighted by Crippen LogP contribution is 2.26. The van der Waals surface area contributed by atoms with Gasteiger partial charge >= 0.3 is 0 Å². The third kappa shape index (κ3) is 3.66. The summed E-state index contributed by atoms with van der Waals surface area (Å²) in [5.74, 6) is 0.369. The minimum atomic E-state index is -0.534. The molecule has 0 radical (unpaired) electrons. The highest BCUT2D eigenvalue weighted by molar-refractivity contribution is 6.32. The molecule has 0 saturated carbocycles. The molecule has 3 aromatic carbocycles. The number of benzene rings is 3. The van der Waals surface area contributed by atoms with Crippen LogP contribution in [-0.2, 0) is 0 Å². The number of nitro benzene ring substituents is 1. The molecule has 1 heterocycles. The van der Waals surface area contributed by atoms with Crippen molar-refractivity contribution in [3.05, 3.63) is 110 Å². The van der Waals surface area contributed by atoms with E-state index in [1.807, 2.05) is 42.5 Å². The molecule has 0 bridgehead atoms. The number of halogens is 1. The number of fused-ring (bicyclic) bond motifs is 1. The molecule has 0 N–H and O–H groups in total. The van der Waals surface area contributed by atoms with Gasteiger partial charge in [0.1, 0.15) is 5.82 Å². The predicted octanol–water partition coefficient (Wildman–Crippen LogP) is 5.12. The molecule has 0 unspecified atom stereocenters. The molecule has 0 aliphatic carbocycles. The van der Waals surface area contributed by atoms with E-state index in [1.54, 1.807) is 24.3 Å². The van der Waals surface area contributed by atoms with Crippen molar-refractivity contribution in [2.45, 2.75) is 0 Å². The highest BCUT2D eigenvalue weighted by atomic mass is 35.5. The summed E-state index contributed by atoms with van der Waals surface area (Å²) >= 11 is 6.30. The van der Waals surface area contributed by atoms with Crippen molar-refractivity contribution in [3.8, 4) is 5.69 Å². The van der Waals surface area contributed by atoms with Crippen LogP contribution in [0.25, 0.3) is 28.7 Å². The van der Waals surface area contributed by atoms with Crippen LogP contribution in [0.15, 0.2) is 77.6 Å². The number of hydrogen-bond acceptors (Lipinski definition) is 4. The summed E-state index contributed by atoms with van der Waals surface area (Å²) in [6, 6.07) is 20.6. The van der Waals surface area contributed by atoms with Gasteiger partial charge in [0.05, 0.1) is 26.5 Å². The molecular formula is C22H14ClN3O3. The summed E-state index contributed by atoms with van der Waals surface area (Å²) in [7, 11) is 0. The van der Waals surface area contributed by atoms with E-state index in [4.69, 9.17) is 11.6 Å². The van der Waals surface area contributed by atoms with Gasteiger partial charge in [-0.2, -0.15) is 0 Å². The van der Waals surface area contributed by atoms with Gasteiger partial charge < -0.3 is 0 Å². The SMILES string of the molecule is O=c1c2ccccc2nc(/C=C/c2ccccc2)n1-c1ccc([N+](=O)[O-])cc1Cl. The topological polar surface area (TPSA) is 78.0 Å². The smallest absolute Gasteiger partial charge is 0.268 e. The Hall–Kier alpha value is -3.77. The van der Waals surface area contributed by atoms with Crippen LogP contribution in [-0.4, -0.2) is 14.5 Å². The summed E-state index contributed by atoms with van der Waals surface area (Å²) in [6.07, 6.45) is 3.56. The Morgan fingerprint density at radius 1 is 0.966 bits per heavy atom. The number of nitro groups is 1. The summed E-state index contributed by atoms with van der Waals surface area (Å²) in [6.45, 7) is 0. The van der Waals surface area contributed by atoms with Crippen LogP contribution in [0.1, 0.15) is 11.4 Å². The fraction of sp³-hybridized carbons (Fsp3) is 0. The van der Waals surface area contributed by atoms with Gasteiger partial charge in [0, 0.05) is 12.1 Å². The molecule has 0 amide bonds. The molecule has 4 rings (SSSR count). The maximum atomic E-state index is 13.2. The van der Waals surface area contributed by atoms with Crippen LogP contribution in [0.2, 0.25) is 5.02 Å². The second-order valence-electron chi connectivity index (χ2n) is 6.26. The number of nitrogens with zero attached hydrogens (tertiary/aromatic N) is 3. The molecule has 4 aromatic rings. The van der Waals surface area contributed by atoms with Crippen LogP contribution in [0.5, 0.6) is 0 Å². The first-order valence-electron chi connectivity index (χ1n) is 8.74. The van der Waals surface area contributed by atoms with Crippen molar-refractivity contribution in [2.75, 3.05) is 0 Å². The normalized spacial score (nSPS) is 11.2. The maximum absolute atomic E-state index is 13.2. The zero-order valence-electron chi connectivity index (χ0n) is 15.0. The van der Waals surface area contributed by atoms with Crippen LogP contribution >= 0.6 is 11.6 Å². The van der Waals surface area contributed by atoms with Gasteiger partial charge in [-0.25, -0.2) is 4.98 Å². The first-order valence-corrected chi connectivity index (χ1v) is 9.11. The molecule has 1 aromatic heterocycles. The molecule has 142 valence electrons. The molecule has 6 nitrogen and oxygen atoms in total. The van der Waals surface area contributed by atoms with Crippen molar-refractivity contribution >= 4 is 40.3 Å². The largest absolute Gasteiger partial charge is 0.271 e. The van der Waals surface area contributed by atoms with Gasteiger partial charge in [0.2, 0.25) is 0 Å². The number of rotatable bonds is 4. The molecule has 0 spiro atoms. The van der Waals surface area contributed by atoms with Crippen molar-refractivity contribution in [2.24, 2.45) is 0 Å². The zero-order valence-corrected chi connectivity index (χ0v) is 15.8. The molecule has 29 heavy (non-hydrogen) atoms. The minimum Gasteiger partial charge on any atom is -0.268 e. The van der Waals surface area contributed by atoms with Crippen molar-refractivity contribution < 1.29 is 4.92 Å². The quantitative estimate of drug-likeness (QED) is 0.350. The molecular weight excluding hydrogens is 390 g/mol.